The minimum absolute atomic E-state index is 0.586. The van der Waals surface area contributed by atoms with Gasteiger partial charge in [-0.25, -0.2) is 0 Å². The molecule has 0 spiro atoms. The first-order valence-corrected chi connectivity index (χ1v) is 4.62. The second-order valence-corrected chi connectivity index (χ2v) is 3.57. The SMILES string of the molecule is CS[C@@H]1CN[C@H](CN)C1. The Morgan fingerprint density at radius 3 is 2.89 bits per heavy atom. The lowest BCUT2D eigenvalue weighted by molar-refractivity contribution is 0.617. The molecule has 1 aliphatic heterocycles. The summed E-state index contributed by atoms with van der Waals surface area (Å²) in [5.41, 5.74) is 5.48. The van der Waals surface area contributed by atoms with Crippen LogP contribution in [0.3, 0.4) is 0 Å². The molecule has 0 amide bonds. The van der Waals surface area contributed by atoms with Crippen LogP contribution in [0.1, 0.15) is 6.42 Å². The molecule has 0 aliphatic carbocycles. The van der Waals surface area contributed by atoms with Crippen LogP contribution in [0, 0.1) is 0 Å². The van der Waals surface area contributed by atoms with Crippen molar-refractivity contribution in [3.05, 3.63) is 0 Å². The third-order valence-corrected chi connectivity index (χ3v) is 2.83. The van der Waals surface area contributed by atoms with Gasteiger partial charge in [-0.15, -0.1) is 0 Å². The molecule has 1 fully saturated rings. The zero-order valence-electron chi connectivity index (χ0n) is 5.76. The lowest BCUT2D eigenvalue weighted by atomic mass is 10.2. The molecule has 1 aliphatic rings. The third kappa shape index (κ3) is 1.85. The van der Waals surface area contributed by atoms with Gasteiger partial charge in [0.2, 0.25) is 0 Å². The molecular formula is C6H14N2S. The van der Waals surface area contributed by atoms with Crippen molar-refractivity contribution in [1.82, 2.24) is 5.32 Å². The van der Waals surface area contributed by atoms with Crippen LogP contribution in [-0.2, 0) is 0 Å². The summed E-state index contributed by atoms with van der Waals surface area (Å²) in [6.07, 6.45) is 3.41. The second-order valence-electron chi connectivity index (χ2n) is 2.43. The molecule has 3 N–H and O–H groups in total. The van der Waals surface area contributed by atoms with Gasteiger partial charge in [0.25, 0.3) is 0 Å². The molecule has 9 heavy (non-hydrogen) atoms. The zero-order valence-corrected chi connectivity index (χ0v) is 6.58. The predicted octanol–water partition coefficient (Wildman–Crippen LogP) is 0.0386. The molecule has 0 aromatic heterocycles. The summed E-state index contributed by atoms with van der Waals surface area (Å²) in [6.45, 7) is 1.93. The van der Waals surface area contributed by atoms with E-state index in [9.17, 15) is 0 Å². The Kier molecular flexibility index (Phi) is 2.82. The fourth-order valence-electron chi connectivity index (χ4n) is 1.14. The maximum Gasteiger partial charge on any atom is 0.0201 e. The number of rotatable bonds is 2. The van der Waals surface area contributed by atoms with Crippen LogP contribution >= 0.6 is 11.8 Å². The van der Waals surface area contributed by atoms with Crippen molar-refractivity contribution < 1.29 is 0 Å². The molecule has 0 aromatic rings. The minimum atomic E-state index is 0.586. The summed E-state index contributed by atoms with van der Waals surface area (Å²) in [5.74, 6) is 0. The summed E-state index contributed by atoms with van der Waals surface area (Å²) >= 11 is 1.93. The smallest absolute Gasteiger partial charge is 0.0201 e. The number of thioether (sulfide) groups is 1. The Bertz CT molecular complexity index is 77.1. The van der Waals surface area contributed by atoms with E-state index in [1.165, 1.54) is 6.42 Å². The average Bonchev–Trinajstić information content (AvgIpc) is 2.34. The molecule has 0 bridgehead atoms. The van der Waals surface area contributed by atoms with Gasteiger partial charge in [-0.1, -0.05) is 0 Å². The number of nitrogens with one attached hydrogen (secondary N) is 1. The van der Waals surface area contributed by atoms with Crippen molar-refractivity contribution in [3.8, 4) is 0 Å². The molecule has 2 nitrogen and oxygen atoms in total. The van der Waals surface area contributed by atoms with Crippen LogP contribution in [0.25, 0.3) is 0 Å². The zero-order chi connectivity index (χ0) is 6.69. The van der Waals surface area contributed by atoms with Crippen LogP contribution in [0.15, 0.2) is 0 Å². The third-order valence-electron chi connectivity index (χ3n) is 1.80. The van der Waals surface area contributed by atoms with E-state index in [0.29, 0.717) is 6.04 Å². The van der Waals surface area contributed by atoms with E-state index < -0.39 is 0 Å². The fraction of sp³-hybridized carbons (Fsp3) is 1.00. The van der Waals surface area contributed by atoms with E-state index in [1.807, 2.05) is 11.8 Å². The highest BCUT2D eigenvalue weighted by atomic mass is 32.2. The average molecular weight is 146 g/mol. The lowest BCUT2D eigenvalue weighted by Crippen LogP contribution is -2.29. The molecule has 1 heterocycles. The molecule has 0 saturated carbocycles. The quantitative estimate of drug-likeness (QED) is 0.577. The van der Waals surface area contributed by atoms with Gasteiger partial charge in [-0.3, -0.25) is 0 Å². The predicted molar refractivity (Wildman–Crippen MR) is 42.8 cm³/mol. The van der Waals surface area contributed by atoms with E-state index in [1.54, 1.807) is 0 Å². The van der Waals surface area contributed by atoms with E-state index in [-0.39, 0.29) is 0 Å². The largest absolute Gasteiger partial charge is 0.329 e. The summed E-state index contributed by atoms with van der Waals surface area (Å²) < 4.78 is 0. The van der Waals surface area contributed by atoms with Gasteiger partial charge in [0.1, 0.15) is 0 Å². The Hall–Kier alpha value is 0.270. The minimum Gasteiger partial charge on any atom is -0.329 e. The first-order valence-electron chi connectivity index (χ1n) is 3.33. The number of hydrogen-bond acceptors (Lipinski definition) is 3. The van der Waals surface area contributed by atoms with Crippen molar-refractivity contribution in [2.45, 2.75) is 17.7 Å². The van der Waals surface area contributed by atoms with Gasteiger partial charge < -0.3 is 11.1 Å². The lowest BCUT2D eigenvalue weighted by Gasteiger charge is -2.04. The van der Waals surface area contributed by atoms with Crippen LogP contribution < -0.4 is 11.1 Å². The molecule has 0 radical (unpaired) electrons. The van der Waals surface area contributed by atoms with E-state index in [2.05, 4.69) is 11.6 Å². The van der Waals surface area contributed by atoms with Crippen LogP contribution in [0.2, 0.25) is 0 Å². The fourth-order valence-corrected chi connectivity index (χ4v) is 1.83. The first-order chi connectivity index (χ1) is 4.36. The molecule has 2 atom stereocenters. The highest BCUT2D eigenvalue weighted by Crippen LogP contribution is 2.17. The van der Waals surface area contributed by atoms with Gasteiger partial charge >= 0.3 is 0 Å². The summed E-state index contributed by atoms with van der Waals surface area (Å²) in [6, 6.07) is 0.586. The van der Waals surface area contributed by atoms with Gasteiger partial charge in [0.05, 0.1) is 0 Å². The van der Waals surface area contributed by atoms with Gasteiger partial charge in [0, 0.05) is 24.4 Å². The molecule has 0 unspecified atom stereocenters. The number of hydrogen-bond donors (Lipinski definition) is 2. The van der Waals surface area contributed by atoms with Gasteiger partial charge in [-0.05, 0) is 12.7 Å². The Balaban J connectivity index is 2.20. The van der Waals surface area contributed by atoms with E-state index in [4.69, 9.17) is 5.73 Å². The summed E-state index contributed by atoms with van der Waals surface area (Å²) in [7, 11) is 0. The Morgan fingerprint density at radius 1 is 1.78 bits per heavy atom. The van der Waals surface area contributed by atoms with Crippen molar-refractivity contribution >= 4 is 11.8 Å². The topological polar surface area (TPSA) is 38.0 Å². The van der Waals surface area contributed by atoms with Crippen molar-refractivity contribution in [3.63, 3.8) is 0 Å². The summed E-state index contributed by atoms with van der Waals surface area (Å²) in [4.78, 5) is 0. The Labute approximate surface area is 60.6 Å². The van der Waals surface area contributed by atoms with Gasteiger partial charge in [-0.2, -0.15) is 11.8 Å². The molecule has 1 saturated heterocycles. The summed E-state index contributed by atoms with van der Waals surface area (Å²) in [5, 5.41) is 4.17. The normalized spacial score (nSPS) is 35.3. The van der Waals surface area contributed by atoms with Crippen molar-refractivity contribution in [2.75, 3.05) is 19.3 Å². The highest BCUT2D eigenvalue weighted by molar-refractivity contribution is 7.99. The molecule has 3 heteroatoms. The standard InChI is InChI=1S/C6H14N2S/c1-9-6-2-5(3-7)8-4-6/h5-6,8H,2-4,7H2,1H3/t5-,6-/m0/s1. The van der Waals surface area contributed by atoms with Crippen LogP contribution in [-0.4, -0.2) is 30.6 Å². The highest BCUT2D eigenvalue weighted by Gasteiger charge is 2.21. The Morgan fingerprint density at radius 2 is 2.56 bits per heavy atom. The van der Waals surface area contributed by atoms with Gasteiger partial charge in [0.15, 0.2) is 0 Å². The van der Waals surface area contributed by atoms with Crippen LogP contribution in [0.4, 0.5) is 0 Å². The van der Waals surface area contributed by atoms with Crippen molar-refractivity contribution in [1.29, 1.82) is 0 Å². The maximum atomic E-state index is 5.48. The first kappa shape index (κ1) is 7.38. The monoisotopic (exact) mass is 146 g/mol. The number of nitrogens with two attached hydrogens (primary N) is 1. The van der Waals surface area contributed by atoms with E-state index in [0.717, 1.165) is 18.3 Å². The maximum absolute atomic E-state index is 5.48. The second kappa shape index (κ2) is 3.44. The molecular weight excluding hydrogens is 132 g/mol. The van der Waals surface area contributed by atoms with Crippen molar-refractivity contribution in [2.24, 2.45) is 5.73 Å². The molecule has 54 valence electrons. The van der Waals surface area contributed by atoms with E-state index >= 15 is 0 Å². The molecule has 0 aromatic carbocycles. The molecule has 1 rings (SSSR count). The van der Waals surface area contributed by atoms with Crippen LogP contribution in [0.5, 0.6) is 0 Å².